The summed E-state index contributed by atoms with van der Waals surface area (Å²) in [5.41, 5.74) is 2.32. The molecule has 136 valence electrons. The first-order valence-corrected chi connectivity index (χ1v) is 9.21. The van der Waals surface area contributed by atoms with Crippen molar-refractivity contribution in [2.75, 3.05) is 33.7 Å². The Balaban J connectivity index is 1.77. The van der Waals surface area contributed by atoms with Gasteiger partial charge in [-0.25, -0.2) is 0 Å². The maximum atomic E-state index is 4.79. The van der Waals surface area contributed by atoms with Crippen LogP contribution in [0.4, 0.5) is 0 Å². The van der Waals surface area contributed by atoms with Crippen molar-refractivity contribution < 1.29 is 0 Å². The molecule has 24 heavy (non-hydrogen) atoms. The fourth-order valence-electron chi connectivity index (χ4n) is 3.08. The molecule has 6 heteroatoms. The highest BCUT2D eigenvalue weighted by atomic mass is 15.3. The van der Waals surface area contributed by atoms with Crippen molar-refractivity contribution in [2.45, 2.75) is 52.6 Å². The largest absolute Gasteiger partial charge is 0.357 e. The minimum absolute atomic E-state index is 0.565. The van der Waals surface area contributed by atoms with Crippen LogP contribution in [0.3, 0.4) is 0 Å². The molecule has 1 aromatic heterocycles. The summed E-state index contributed by atoms with van der Waals surface area (Å²) >= 11 is 0. The van der Waals surface area contributed by atoms with Gasteiger partial charge in [-0.3, -0.25) is 9.67 Å². The quantitative estimate of drug-likeness (QED) is 0.411. The van der Waals surface area contributed by atoms with E-state index in [0.29, 0.717) is 6.04 Å². The van der Waals surface area contributed by atoms with E-state index in [0.717, 1.165) is 50.2 Å². The Morgan fingerprint density at radius 1 is 1.38 bits per heavy atom. The zero-order chi connectivity index (χ0) is 17.5. The second-order valence-corrected chi connectivity index (χ2v) is 7.02. The number of aliphatic imine (C=N–C) groups is 1. The van der Waals surface area contributed by atoms with E-state index in [1.165, 1.54) is 18.5 Å². The number of likely N-dealkylation sites (N-methyl/N-ethyl adjacent to an activating group) is 1. The summed E-state index contributed by atoms with van der Waals surface area (Å²) in [7, 11) is 4.32. The summed E-state index contributed by atoms with van der Waals surface area (Å²) < 4.78 is 2.08. The third kappa shape index (κ3) is 5.82. The van der Waals surface area contributed by atoms with Crippen LogP contribution >= 0.6 is 0 Å². The van der Waals surface area contributed by atoms with Crippen molar-refractivity contribution in [2.24, 2.45) is 10.9 Å². The molecule has 0 aromatic carbocycles. The Bertz CT molecular complexity index is 528. The highest BCUT2D eigenvalue weighted by Gasteiger charge is 2.32. The smallest absolute Gasteiger partial charge is 0.191 e. The molecule has 1 unspecified atom stereocenters. The van der Waals surface area contributed by atoms with Gasteiger partial charge in [-0.15, -0.1) is 0 Å². The summed E-state index contributed by atoms with van der Waals surface area (Å²) in [6.45, 7) is 9.85. The maximum Gasteiger partial charge on any atom is 0.191 e. The Labute approximate surface area is 146 Å². The summed E-state index contributed by atoms with van der Waals surface area (Å²) in [4.78, 5) is 7.11. The van der Waals surface area contributed by atoms with E-state index in [-0.39, 0.29) is 0 Å². The van der Waals surface area contributed by atoms with Gasteiger partial charge < -0.3 is 15.5 Å². The summed E-state index contributed by atoms with van der Waals surface area (Å²) in [6, 6.07) is 2.69. The number of aromatic nitrogens is 2. The van der Waals surface area contributed by atoms with Gasteiger partial charge >= 0.3 is 0 Å². The Morgan fingerprint density at radius 3 is 2.67 bits per heavy atom. The van der Waals surface area contributed by atoms with Gasteiger partial charge in [0.25, 0.3) is 0 Å². The number of aryl methyl sites for hydroxylation is 3. The van der Waals surface area contributed by atoms with Crippen LogP contribution < -0.4 is 10.6 Å². The average Bonchev–Trinajstić information content (AvgIpc) is 3.29. The normalized spacial score (nSPS) is 16.5. The van der Waals surface area contributed by atoms with E-state index in [9.17, 15) is 0 Å². The number of nitrogens with one attached hydrogen (secondary N) is 2. The molecule has 2 N–H and O–H groups in total. The fourth-order valence-corrected chi connectivity index (χ4v) is 3.08. The second-order valence-electron chi connectivity index (χ2n) is 7.02. The first-order chi connectivity index (χ1) is 11.5. The van der Waals surface area contributed by atoms with Gasteiger partial charge in [0.1, 0.15) is 0 Å². The van der Waals surface area contributed by atoms with E-state index in [4.69, 9.17) is 4.99 Å². The molecular formula is C18H34N6. The van der Waals surface area contributed by atoms with Crippen LogP contribution in [0.5, 0.6) is 0 Å². The first-order valence-electron chi connectivity index (χ1n) is 9.21. The fraction of sp³-hybridized carbons (Fsp3) is 0.778. The molecular weight excluding hydrogens is 300 g/mol. The van der Waals surface area contributed by atoms with Crippen molar-refractivity contribution >= 4 is 5.96 Å². The van der Waals surface area contributed by atoms with Crippen LogP contribution in [0.2, 0.25) is 0 Å². The summed E-state index contributed by atoms with van der Waals surface area (Å²) in [6.07, 6.45) is 3.74. The van der Waals surface area contributed by atoms with Crippen molar-refractivity contribution in [1.29, 1.82) is 0 Å². The van der Waals surface area contributed by atoms with E-state index in [1.54, 1.807) is 0 Å². The lowest BCUT2D eigenvalue weighted by Gasteiger charge is -2.23. The molecule has 1 atom stereocenters. The van der Waals surface area contributed by atoms with Gasteiger partial charge in [-0.05, 0) is 66.1 Å². The lowest BCUT2D eigenvalue weighted by Crippen LogP contribution is -2.40. The molecule has 1 aromatic rings. The third-order valence-corrected chi connectivity index (χ3v) is 4.55. The van der Waals surface area contributed by atoms with Gasteiger partial charge in [0.2, 0.25) is 0 Å². The van der Waals surface area contributed by atoms with Gasteiger partial charge in [0, 0.05) is 31.4 Å². The Morgan fingerprint density at radius 2 is 2.12 bits per heavy atom. The number of hydrogen-bond donors (Lipinski definition) is 2. The van der Waals surface area contributed by atoms with Gasteiger partial charge in [0.05, 0.1) is 12.2 Å². The van der Waals surface area contributed by atoms with Crippen LogP contribution in [0, 0.1) is 19.8 Å². The van der Waals surface area contributed by atoms with Gasteiger partial charge in [-0.2, -0.15) is 5.10 Å². The number of nitrogens with zero attached hydrogens (tertiary/aromatic N) is 4. The Hall–Kier alpha value is -1.56. The van der Waals surface area contributed by atoms with Gasteiger partial charge in [0.15, 0.2) is 5.96 Å². The van der Waals surface area contributed by atoms with Crippen molar-refractivity contribution in [3.63, 3.8) is 0 Å². The molecule has 0 radical (unpaired) electrons. The van der Waals surface area contributed by atoms with Crippen molar-refractivity contribution in [1.82, 2.24) is 25.3 Å². The summed E-state index contributed by atoms with van der Waals surface area (Å²) in [5, 5.41) is 11.3. The van der Waals surface area contributed by atoms with Crippen molar-refractivity contribution in [3.05, 3.63) is 17.5 Å². The van der Waals surface area contributed by atoms with E-state index >= 15 is 0 Å². The minimum Gasteiger partial charge on any atom is -0.357 e. The lowest BCUT2D eigenvalue weighted by atomic mass is 10.2. The highest BCUT2D eigenvalue weighted by Crippen LogP contribution is 2.34. The molecule has 0 bridgehead atoms. The molecule has 0 amide bonds. The zero-order valence-electron chi connectivity index (χ0n) is 16.0. The SMILES string of the molecule is CCNC(=NCC(C1CC1)N(C)C)NCCCn1nc(C)cc1C. The highest BCUT2D eigenvalue weighted by molar-refractivity contribution is 5.79. The van der Waals surface area contributed by atoms with Gasteiger partial charge in [-0.1, -0.05) is 0 Å². The molecule has 1 heterocycles. The monoisotopic (exact) mass is 334 g/mol. The van der Waals surface area contributed by atoms with Crippen LogP contribution in [0.25, 0.3) is 0 Å². The van der Waals surface area contributed by atoms with E-state index < -0.39 is 0 Å². The summed E-state index contributed by atoms with van der Waals surface area (Å²) in [5.74, 6) is 1.76. The predicted molar refractivity (Wildman–Crippen MR) is 100 cm³/mol. The van der Waals surface area contributed by atoms with Crippen LogP contribution in [0.15, 0.2) is 11.1 Å². The van der Waals surface area contributed by atoms with Crippen LogP contribution in [-0.4, -0.2) is 60.4 Å². The predicted octanol–water partition coefficient (Wildman–Crippen LogP) is 1.79. The molecule has 1 saturated carbocycles. The molecule has 2 rings (SSSR count). The third-order valence-electron chi connectivity index (χ3n) is 4.55. The van der Waals surface area contributed by atoms with E-state index in [2.05, 4.69) is 59.3 Å². The maximum absolute atomic E-state index is 4.79. The number of rotatable bonds is 9. The average molecular weight is 335 g/mol. The molecule has 6 nitrogen and oxygen atoms in total. The second kappa shape index (κ2) is 9.06. The topological polar surface area (TPSA) is 57.5 Å². The molecule has 0 spiro atoms. The van der Waals surface area contributed by atoms with E-state index in [1.807, 2.05) is 6.92 Å². The first kappa shape index (κ1) is 18.8. The zero-order valence-corrected chi connectivity index (χ0v) is 16.0. The Kier molecular flexibility index (Phi) is 7.09. The number of guanidine groups is 1. The van der Waals surface area contributed by atoms with Crippen LogP contribution in [-0.2, 0) is 6.54 Å². The number of hydrogen-bond acceptors (Lipinski definition) is 3. The lowest BCUT2D eigenvalue weighted by molar-refractivity contribution is 0.271. The molecule has 1 aliphatic carbocycles. The van der Waals surface area contributed by atoms with Crippen molar-refractivity contribution in [3.8, 4) is 0 Å². The molecule has 1 fully saturated rings. The molecule has 0 aliphatic heterocycles. The minimum atomic E-state index is 0.565. The standard InChI is InChI=1S/C18H34N6/c1-6-19-18(21-13-17(23(4)5)16-8-9-16)20-10-7-11-24-15(3)12-14(2)22-24/h12,16-17H,6-11,13H2,1-5H3,(H2,19,20,21). The molecule has 0 saturated heterocycles. The molecule has 1 aliphatic rings. The van der Waals surface area contributed by atoms with Crippen LogP contribution in [0.1, 0.15) is 37.6 Å².